The average molecular weight is 360 g/mol. The number of rotatable bonds is 3. The van der Waals surface area contributed by atoms with Gasteiger partial charge in [0.2, 0.25) is 5.91 Å². The molecule has 26 heavy (non-hydrogen) atoms. The molecule has 0 saturated carbocycles. The number of halogens is 1. The molecule has 1 aromatic heterocycles. The minimum absolute atomic E-state index is 0.0223. The predicted molar refractivity (Wildman–Crippen MR) is 97.8 cm³/mol. The number of amides is 2. The summed E-state index contributed by atoms with van der Waals surface area (Å²) in [6.07, 6.45) is 2.38. The second kappa shape index (κ2) is 7.09. The fourth-order valence-corrected chi connectivity index (χ4v) is 3.67. The number of hydrogen-bond acceptors (Lipinski definition) is 3. The lowest BCUT2D eigenvalue weighted by Gasteiger charge is -2.32. The first kappa shape index (κ1) is 18.4. The van der Waals surface area contributed by atoms with Crippen molar-refractivity contribution >= 4 is 22.8 Å². The molecule has 1 aliphatic rings. The molecule has 0 bridgehead atoms. The van der Waals surface area contributed by atoms with E-state index in [9.17, 15) is 9.59 Å². The zero-order chi connectivity index (χ0) is 19.0. The number of fused-ring (bicyclic) bond motifs is 1. The highest BCUT2D eigenvalue weighted by Crippen LogP contribution is 2.36. The molecular formula is C20H25FN2O3. The Morgan fingerprint density at radius 3 is 2.69 bits per heavy atom. The smallest absolute Gasteiger partial charge is 0.289 e. The molecule has 1 fully saturated rings. The van der Waals surface area contributed by atoms with E-state index in [1.807, 2.05) is 13.0 Å². The van der Waals surface area contributed by atoms with E-state index in [-0.39, 0.29) is 29.3 Å². The number of aryl methyl sites for hydroxylation is 1. The molecule has 1 aliphatic heterocycles. The Labute approximate surface area is 152 Å². The fraction of sp³-hybridized carbons (Fsp3) is 0.500. The van der Waals surface area contributed by atoms with Crippen molar-refractivity contribution < 1.29 is 18.4 Å². The largest absolute Gasteiger partial charge is 0.451 e. The van der Waals surface area contributed by atoms with Gasteiger partial charge in [-0.2, -0.15) is 0 Å². The van der Waals surface area contributed by atoms with Gasteiger partial charge in [0, 0.05) is 46.1 Å². The van der Waals surface area contributed by atoms with Crippen molar-refractivity contribution in [3.05, 3.63) is 34.8 Å². The molecule has 2 amide bonds. The van der Waals surface area contributed by atoms with Gasteiger partial charge in [-0.3, -0.25) is 9.59 Å². The summed E-state index contributed by atoms with van der Waals surface area (Å²) in [5, 5.41) is 0.351. The highest BCUT2D eigenvalue weighted by molar-refractivity contribution is 5.96. The summed E-state index contributed by atoms with van der Waals surface area (Å²) in [5.74, 6) is -0.497. The van der Waals surface area contributed by atoms with E-state index in [0.717, 1.165) is 24.9 Å². The predicted octanol–water partition coefficient (Wildman–Crippen LogP) is 3.56. The second-order valence-corrected chi connectivity index (χ2v) is 7.15. The fourth-order valence-electron chi connectivity index (χ4n) is 3.67. The van der Waals surface area contributed by atoms with E-state index in [2.05, 4.69) is 0 Å². The van der Waals surface area contributed by atoms with Gasteiger partial charge in [-0.1, -0.05) is 6.92 Å². The van der Waals surface area contributed by atoms with Crippen molar-refractivity contribution in [3.63, 3.8) is 0 Å². The number of carbonyl (C=O) groups is 2. The van der Waals surface area contributed by atoms with Gasteiger partial charge in [0.1, 0.15) is 11.4 Å². The third-order valence-corrected chi connectivity index (χ3v) is 5.15. The van der Waals surface area contributed by atoms with Crippen LogP contribution in [0.3, 0.4) is 0 Å². The summed E-state index contributed by atoms with van der Waals surface area (Å²) in [5.41, 5.74) is 1.94. The minimum atomic E-state index is -0.339. The van der Waals surface area contributed by atoms with E-state index in [0.29, 0.717) is 29.5 Å². The van der Waals surface area contributed by atoms with Crippen molar-refractivity contribution in [3.8, 4) is 0 Å². The van der Waals surface area contributed by atoms with Crippen molar-refractivity contribution in [1.82, 2.24) is 9.80 Å². The van der Waals surface area contributed by atoms with Crippen LogP contribution in [-0.4, -0.2) is 48.8 Å². The molecule has 6 heteroatoms. The van der Waals surface area contributed by atoms with Gasteiger partial charge in [0.05, 0.1) is 5.39 Å². The summed E-state index contributed by atoms with van der Waals surface area (Å²) in [4.78, 5) is 27.1. The maximum atomic E-state index is 15.3. The van der Waals surface area contributed by atoms with Crippen molar-refractivity contribution in [2.45, 2.75) is 39.0 Å². The normalized spacial score (nSPS) is 17.6. The summed E-state index contributed by atoms with van der Waals surface area (Å²) in [6, 6.07) is 3.35. The van der Waals surface area contributed by atoms with E-state index in [4.69, 9.17) is 4.42 Å². The van der Waals surface area contributed by atoms with Gasteiger partial charge in [-0.05, 0) is 36.5 Å². The third kappa shape index (κ3) is 3.20. The Bertz CT molecular complexity index is 856. The van der Waals surface area contributed by atoms with Crippen LogP contribution in [0.2, 0.25) is 0 Å². The number of carbonyl (C=O) groups excluding carboxylic acids is 2. The Morgan fingerprint density at radius 2 is 2.08 bits per heavy atom. The first-order valence-corrected chi connectivity index (χ1v) is 9.05. The molecule has 1 saturated heterocycles. The maximum Gasteiger partial charge on any atom is 0.289 e. The molecule has 140 valence electrons. The highest BCUT2D eigenvalue weighted by Gasteiger charge is 2.28. The van der Waals surface area contributed by atoms with Crippen LogP contribution in [0.25, 0.3) is 11.0 Å². The SMILES string of the molecule is CCc1cc(C2CCCN(C(C)=O)C2)c(F)c2cc(C(=O)N(C)C)oc12. The molecule has 0 aliphatic carbocycles. The molecule has 1 unspecified atom stereocenters. The number of likely N-dealkylation sites (tertiary alicyclic amines) is 1. The van der Waals surface area contributed by atoms with Crippen LogP contribution < -0.4 is 0 Å². The molecule has 2 aromatic rings. The van der Waals surface area contributed by atoms with Crippen LogP contribution in [0.5, 0.6) is 0 Å². The van der Waals surface area contributed by atoms with Crippen LogP contribution in [0.4, 0.5) is 4.39 Å². The number of benzene rings is 1. The van der Waals surface area contributed by atoms with Gasteiger partial charge in [-0.25, -0.2) is 4.39 Å². The van der Waals surface area contributed by atoms with Gasteiger partial charge >= 0.3 is 0 Å². The van der Waals surface area contributed by atoms with E-state index in [1.165, 1.54) is 11.0 Å². The number of nitrogens with zero attached hydrogens (tertiary/aromatic N) is 2. The zero-order valence-corrected chi connectivity index (χ0v) is 15.8. The number of hydrogen-bond donors (Lipinski definition) is 0. The quantitative estimate of drug-likeness (QED) is 0.841. The first-order valence-electron chi connectivity index (χ1n) is 9.05. The topological polar surface area (TPSA) is 53.8 Å². The summed E-state index contributed by atoms with van der Waals surface area (Å²) < 4.78 is 21.0. The number of piperidine rings is 1. The number of furan rings is 1. The summed E-state index contributed by atoms with van der Waals surface area (Å²) in [6.45, 7) is 4.79. The van der Waals surface area contributed by atoms with Crippen molar-refractivity contribution in [2.75, 3.05) is 27.2 Å². The molecule has 0 radical (unpaired) electrons. The molecule has 3 rings (SSSR count). The van der Waals surface area contributed by atoms with Gasteiger partial charge in [0.15, 0.2) is 5.76 Å². The minimum Gasteiger partial charge on any atom is -0.451 e. The summed E-state index contributed by atoms with van der Waals surface area (Å²) in [7, 11) is 3.27. The average Bonchev–Trinajstić information content (AvgIpc) is 3.07. The molecule has 5 nitrogen and oxygen atoms in total. The molecule has 1 atom stereocenters. The van der Waals surface area contributed by atoms with Crippen LogP contribution in [0.1, 0.15) is 54.3 Å². The van der Waals surface area contributed by atoms with E-state index in [1.54, 1.807) is 25.9 Å². The molecule has 0 spiro atoms. The standard InChI is InChI=1S/C20H25FN2O3/c1-5-13-9-15(14-7-6-8-23(11-14)12(2)24)18(21)16-10-17(26-19(13)16)20(25)22(3)4/h9-10,14H,5-8,11H2,1-4H3. The van der Waals surface area contributed by atoms with Crippen LogP contribution in [0, 0.1) is 5.82 Å². The van der Waals surface area contributed by atoms with Crippen LogP contribution >= 0.6 is 0 Å². The molecule has 2 heterocycles. The molecule has 1 aromatic carbocycles. The lowest BCUT2D eigenvalue weighted by Crippen LogP contribution is -2.37. The third-order valence-electron chi connectivity index (χ3n) is 5.15. The lowest BCUT2D eigenvalue weighted by molar-refractivity contribution is -0.130. The van der Waals surface area contributed by atoms with Gasteiger partial charge in [-0.15, -0.1) is 0 Å². The zero-order valence-electron chi connectivity index (χ0n) is 15.8. The van der Waals surface area contributed by atoms with Crippen LogP contribution in [0.15, 0.2) is 16.5 Å². The van der Waals surface area contributed by atoms with Crippen LogP contribution in [-0.2, 0) is 11.2 Å². The monoisotopic (exact) mass is 360 g/mol. The first-order chi connectivity index (χ1) is 12.3. The summed E-state index contributed by atoms with van der Waals surface area (Å²) >= 11 is 0. The Hall–Kier alpha value is -2.37. The van der Waals surface area contributed by atoms with Crippen molar-refractivity contribution in [1.29, 1.82) is 0 Å². The Morgan fingerprint density at radius 1 is 1.35 bits per heavy atom. The van der Waals surface area contributed by atoms with Crippen molar-refractivity contribution in [2.24, 2.45) is 0 Å². The maximum absolute atomic E-state index is 15.3. The second-order valence-electron chi connectivity index (χ2n) is 7.15. The highest BCUT2D eigenvalue weighted by atomic mass is 19.1. The van der Waals surface area contributed by atoms with Gasteiger partial charge < -0.3 is 14.2 Å². The van der Waals surface area contributed by atoms with Gasteiger partial charge in [0.25, 0.3) is 5.91 Å². The molecule has 0 N–H and O–H groups in total. The molecular weight excluding hydrogens is 335 g/mol. The Balaban J connectivity index is 2.08. The Kier molecular flexibility index (Phi) is 5.03. The van der Waals surface area contributed by atoms with E-state index < -0.39 is 0 Å². The lowest BCUT2D eigenvalue weighted by atomic mass is 9.88. The van der Waals surface area contributed by atoms with E-state index >= 15 is 4.39 Å².